The molecule has 2 N–H and O–H groups in total. The Hall–Kier alpha value is -2.91. The van der Waals surface area contributed by atoms with Crippen molar-refractivity contribution >= 4 is 33.2 Å². The molecular weight excluding hydrogens is 418 g/mol. The van der Waals surface area contributed by atoms with Crippen LogP contribution in [0.5, 0.6) is 0 Å². The zero-order chi connectivity index (χ0) is 22.4. The maximum absolute atomic E-state index is 13.0. The van der Waals surface area contributed by atoms with E-state index in [4.69, 9.17) is 4.74 Å². The minimum Gasteiger partial charge on any atom is -0.385 e. The molecule has 0 aromatic heterocycles. The molecular formula is C22H27N3O5S. The monoisotopic (exact) mass is 445 g/mol. The number of sulfonamides is 1. The molecule has 9 heteroatoms. The molecule has 0 bridgehead atoms. The van der Waals surface area contributed by atoms with Crippen molar-refractivity contribution < 1.29 is 22.7 Å². The van der Waals surface area contributed by atoms with Crippen molar-refractivity contribution in [1.82, 2.24) is 5.32 Å². The number of fused-ring (bicyclic) bond motifs is 1. The Morgan fingerprint density at radius 2 is 1.94 bits per heavy atom. The largest absolute Gasteiger partial charge is 0.385 e. The second-order valence-electron chi connectivity index (χ2n) is 7.32. The number of carbonyl (C=O) groups excluding carboxylic acids is 2. The maximum atomic E-state index is 13.0. The number of rotatable bonds is 8. The first kappa shape index (κ1) is 22.8. The van der Waals surface area contributed by atoms with Crippen LogP contribution >= 0.6 is 0 Å². The second kappa shape index (κ2) is 9.93. The summed E-state index contributed by atoms with van der Waals surface area (Å²) >= 11 is 0. The van der Waals surface area contributed by atoms with E-state index in [1.807, 2.05) is 0 Å². The lowest BCUT2D eigenvalue weighted by Gasteiger charge is -2.28. The molecule has 0 spiro atoms. The smallest absolute Gasteiger partial charge is 0.261 e. The van der Waals surface area contributed by atoms with Crippen molar-refractivity contribution in [3.63, 3.8) is 0 Å². The summed E-state index contributed by atoms with van der Waals surface area (Å²) < 4.78 is 33.6. The van der Waals surface area contributed by atoms with Crippen LogP contribution in [0.15, 0.2) is 47.4 Å². The third kappa shape index (κ3) is 5.42. The molecule has 0 radical (unpaired) electrons. The quantitative estimate of drug-likeness (QED) is 0.608. The van der Waals surface area contributed by atoms with Gasteiger partial charge < -0.3 is 15.0 Å². The van der Waals surface area contributed by atoms with Gasteiger partial charge in [-0.3, -0.25) is 14.3 Å². The number of para-hydroxylation sites is 1. The van der Waals surface area contributed by atoms with E-state index in [1.165, 1.54) is 13.0 Å². The molecule has 0 saturated heterocycles. The number of amides is 2. The highest BCUT2D eigenvalue weighted by Crippen LogP contribution is 2.30. The summed E-state index contributed by atoms with van der Waals surface area (Å²) in [4.78, 5) is 26.1. The standard InChI is InChI=1S/C22H27N3O5S/c1-16(26)25-13-5-7-17-15-18(10-11-21(17)25)31(28,29)24-20-9-4-3-8-19(20)22(27)23-12-6-14-30-2/h3-4,8-11,15,24H,5-7,12-14H2,1-2H3,(H,23,27). The first-order chi connectivity index (χ1) is 14.8. The summed E-state index contributed by atoms with van der Waals surface area (Å²) in [7, 11) is -2.34. The molecule has 0 saturated carbocycles. The number of ether oxygens (including phenoxy) is 1. The van der Waals surface area contributed by atoms with E-state index >= 15 is 0 Å². The van der Waals surface area contributed by atoms with Gasteiger partial charge in [-0.15, -0.1) is 0 Å². The number of aryl methyl sites for hydroxylation is 1. The average molecular weight is 446 g/mol. The molecule has 0 fully saturated rings. The van der Waals surface area contributed by atoms with Crippen molar-refractivity contribution in [2.75, 3.05) is 36.4 Å². The van der Waals surface area contributed by atoms with E-state index < -0.39 is 10.0 Å². The van der Waals surface area contributed by atoms with Crippen LogP contribution in [0.1, 0.15) is 35.7 Å². The Morgan fingerprint density at radius 3 is 2.68 bits per heavy atom. The fraction of sp³-hybridized carbons (Fsp3) is 0.364. The molecule has 1 aliphatic rings. The normalized spacial score (nSPS) is 13.4. The fourth-order valence-corrected chi connectivity index (χ4v) is 4.69. The lowest BCUT2D eigenvalue weighted by atomic mass is 10.0. The SMILES string of the molecule is COCCCNC(=O)c1ccccc1NS(=O)(=O)c1ccc2c(c1)CCCN2C(C)=O. The predicted octanol–water partition coefficient (Wildman–Crippen LogP) is 2.55. The molecule has 0 aliphatic carbocycles. The number of nitrogens with one attached hydrogen (secondary N) is 2. The number of nitrogens with zero attached hydrogens (tertiary/aromatic N) is 1. The van der Waals surface area contributed by atoms with Gasteiger partial charge in [-0.2, -0.15) is 0 Å². The summed E-state index contributed by atoms with van der Waals surface area (Å²) in [6.07, 6.45) is 2.13. The van der Waals surface area contributed by atoms with Crippen LogP contribution in [0.3, 0.4) is 0 Å². The summed E-state index contributed by atoms with van der Waals surface area (Å²) in [5.41, 5.74) is 2.00. The zero-order valence-corrected chi connectivity index (χ0v) is 18.5. The van der Waals surface area contributed by atoms with E-state index in [2.05, 4.69) is 10.0 Å². The van der Waals surface area contributed by atoms with Gasteiger partial charge in [0, 0.05) is 39.4 Å². The summed E-state index contributed by atoms with van der Waals surface area (Å²) in [5, 5.41) is 2.76. The third-order valence-electron chi connectivity index (χ3n) is 5.09. The van der Waals surface area contributed by atoms with Crippen LogP contribution in [0.4, 0.5) is 11.4 Å². The maximum Gasteiger partial charge on any atom is 0.261 e. The van der Waals surface area contributed by atoms with Crippen LogP contribution in [-0.4, -0.2) is 47.0 Å². The Labute approximate surface area is 182 Å². The van der Waals surface area contributed by atoms with Gasteiger partial charge in [0.05, 0.1) is 16.1 Å². The second-order valence-corrected chi connectivity index (χ2v) is 9.00. The molecule has 3 rings (SSSR count). The molecule has 2 aromatic carbocycles. The van der Waals surface area contributed by atoms with Gasteiger partial charge in [0.25, 0.3) is 15.9 Å². The highest BCUT2D eigenvalue weighted by Gasteiger charge is 2.24. The van der Waals surface area contributed by atoms with Crippen LogP contribution in [0.2, 0.25) is 0 Å². The molecule has 1 heterocycles. The van der Waals surface area contributed by atoms with Crippen molar-refractivity contribution in [2.24, 2.45) is 0 Å². The zero-order valence-electron chi connectivity index (χ0n) is 17.7. The highest BCUT2D eigenvalue weighted by atomic mass is 32.2. The molecule has 31 heavy (non-hydrogen) atoms. The minimum atomic E-state index is -3.92. The third-order valence-corrected chi connectivity index (χ3v) is 6.45. The average Bonchev–Trinajstić information content (AvgIpc) is 2.75. The van der Waals surface area contributed by atoms with Gasteiger partial charge in [0.15, 0.2) is 0 Å². The van der Waals surface area contributed by atoms with E-state index in [0.717, 1.165) is 17.7 Å². The van der Waals surface area contributed by atoms with E-state index in [9.17, 15) is 18.0 Å². The van der Waals surface area contributed by atoms with Gasteiger partial charge in [-0.05, 0) is 55.2 Å². The Kier molecular flexibility index (Phi) is 7.29. The molecule has 2 aromatic rings. The van der Waals surface area contributed by atoms with Gasteiger partial charge >= 0.3 is 0 Å². The van der Waals surface area contributed by atoms with Gasteiger partial charge in [0.1, 0.15) is 0 Å². The minimum absolute atomic E-state index is 0.0693. The van der Waals surface area contributed by atoms with E-state index in [-0.39, 0.29) is 28.0 Å². The van der Waals surface area contributed by atoms with Crippen LogP contribution in [-0.2, 0) is 26.0 Å². The van der Waals surface area contributed by atoms with Crippen LogP contribution < -0.4 is 14.9 Å². The first-order valence-corrected chi connectivity index (χ1v) is 11.6. The van der Waals surface area contributed by atoms with E-state index in [1.54, 1.807) is 48.4 Å². The fourth-order valence-electron chi connectivity index (χ4n) is 3.56. The van der Waals surface area contributed by atoms with Crippen LogP contribution in [0, 0.1) is 0 Å². The van der Waals surface area contributed by atoms with Gasteiger partial charge in [-0.1, -0.05) is 12.1 Å². The number of hydrogen-bond acceptors (Lipinski definition) is 5. The van der Waals surface area contributed by atoms with Gasteiger partial charge in [0.2, 0.25) is 5.91 Å². The van der Waals surface area contributed by atoms with Gasteiger partial charge in [-0.25, -0.2) is 8.42 Å². The topological polar surface area (TPSA) is 105 Å². The molecule has 8 nitrogen and oxygen atoms in total. The summed E-state index contributed by atoms with van der Waals surface area (Å²) in [6.45, 7) is 3.07. The van der Waals surface area contributed by atoms with Crippen molar-refractivity contribution in [3.8, 4) is 0 Å². The number of anilines is 2. The molecule has 0 atom stereocenters. The molecule has 1 aliphatic heterocycles. The number of benzene rings is 2. The van der Waals surface area contributed by atoms with Crippen LogP contribution in [0.25, 0.3) is 0 Å². The van der Waals surface area contributed by atoms with E-state index in [0.29, 0.717) is 32.5 Å². The predicted molar refractivity (Wildman–Crippen MR) is 119 cm³/mol. The first-order valence-electron chi connectivity index (χ1n) is 10.1. The van der Waals surface area contributed by atoms with Crippen molar-refractivity contribution in [3.05, 3.63) is 53.6 Å². The highest BCUT2D eigenvalue weighted by molar-refractivity contribution is 7.92. The number of carbonyl (C=O) groups is 2. The number of hydrogen-bond donors (Lipinski definition) is 2. The van der Waals surface area contributed by atoms with Crippen molar-refractivity contribution in [1.29, 1.82) is 0 Å². The Balaban J connectivity index is 1.82. The number of methoxy groups -OCH3 is 1. The van der Waals surface area contributed by atoms with Crippen molar-refractivity contribution in [2.45, 2.75) is 31.1 Å². The molecule has 0 unspecified atom stereocenters. The summed E-state index contributed by atoms with van der Waals surface area (Å²) in [6, 6.07) is 11.2. The lowest BCUT2D eigenvalue weighted by Crippen LogP contribution is -2.33. The lowest BCUT2D eigenvalue weighted by molar-refractivity contribution is -0.116. The molecule has 166 valence electrons. The Morgan fingerprint density at radius 1 is 1.16 bits per heavy atom. The summed E-state index contributed by atoms with van der Waals surface area (Å²) in [5.74, 6) is -0.433. The molecule has 2 amide bonds. The Bertz CT molecular complexity index is 1070.